The fourth-order valence-electron chi connectivity index (χ4n) is 2.17. The van der Waals surface area contributed by atoms with Crippen molar-refractivity contribution < 1.29 is 13.9 Å². The van der Waals surface area contributed by atoms with Crippen LogP contribution in [0.25, 0.3) is 10.9 Å². The minimum Gasteiger partial charge on any atom is -0.492 e. The fraction of sp³-hybridized carbons (Fsp3) is 0.118. The number of halogens is 1. The summed E-state index contributed by atoms with van der Waals surface area (Å²) in [5.41, 5.74) is 1.13. The number of fused-ring (bicyclic) bond motifs is 1. The Morgan fingerprint density at radius 2 is 1.95 bits per heavy atom. The lowest BCUT2D eigenvalue weighted by Gasteiger charge is -2.06. The van der Waals surface area contributed by atoms with E-state index in [9.17, 15) is 9.18 Å². The summed E-state index contributed by atoms with van der Waals surface area (Å²) in [6.07, 6.45) is 0. The molecule has 22 heavy (non-hydrogen) atoms. The molecule has 5 heteroatoms. The summed E-state index contributed by atoms with van der Waals surface area (Å²) in [6, 6.07) is 15.4. The topological polar surface area (TPSA) is 54.1 Å². The Bertz CT molecular complexity index is 784. The first-order valence-electron chi connectivity index (χ1n) is 6.97. The van der Waals surface area contributed by atoms with Gasteiger partial charge in [0.15, 0.2) is 0 Å². The molecule has 112 valence electrons. The normalized spacial score (nSPS) is 10.6. The fourth-order valence-corrected chi connectivity index (χ4v) is 2.17. The first kappa shape index (κ1) is 14.1. The first-order valence-corrected chi connectivity index (χ1v) is 6.97. The van der Waals surface area contributed by atoms with E-state index in [-0.39, 0.29) is 11.7 Å². The van der Waals surface area contributed by atoms with E-state index in [1.54, 1.807) is 12.1 Å². The molecule has 2 N–H and O–H groups in total. The highest BCUT2D eigenvalue weighted by atomic mass is 19.1. The number of hydrogen-bond acceptors (Lipinski definition) is 2. The number of aromatic amines is 1. The van der Waals surface area contributed by atoms with Crippen LogP contribution < -0.4 is 10.1 Å². The molecule has 3 aromatic rings. The van der Waals surface area contributed by atoms with Crippen molar-refractivity contribution in [2.24, 2.45) is 0 Å². The highest BCUT2D eigenvalue weighted by Gasteiger charge is 2.09. The zero-order valence-electron chi connectivity index (χ0n) is 11.8. The summed E-state index contributed by atoms with van der Waals surface area (Å²) in [5, 5.41) is 3.43. The maximum atomic E-state index is 13.1. The van der Waals surface area contributed by atoms with Crippen molar-refractivity contribution in [3.05, 3.63) is 66.1 Å². The predicted molar refractivity (Wildman–Crippen MR) is 82.5 cm³/mol. The molecule has 0 saturated heterocycles. The van der Waals surface area contributed by atoms with Crippen LogP contribution in [-0.2, 0) is 0 Å². The van der Waals surface area contributed by atoms with E-state index in [4.69, 9.17) is 4.74 Å². The zero-order valence-corrected chi connectivity index (χ0v) is 11.8. The van der Waals surface area contributed by atoms with E-state index in [1.165, 1.54) is 12.1 Å². The summed E-state index contributed by atoms with van der Waals surface area (Å²) >= 11 is 0. The summed E-state index contributed by atoms with van der Waals surface area (Å²) in [7, 11) is 0. The summed E-state index contributed by atoms with van der Waals surface area (Å²) < 4.78 is 18.6. The van der Waals surface area contributed by atoms with E-state index in [1.807, 2.05) is 30.3 Å². The lowest BCUT2D eigenvalue weighted by atomic mass is 10.2. The van der Waals surface area contributed by atoms with Gasteiger partial charge in [-0.15, -0.1) is 0 Å². The molecule has 0 aliphatic heterocycles. The number of hydrogen-bond donors (Lipinski definition) is 2. The molecule has 1 aromatic heterocycles. The molecule has 0 spiro atoms. The smallest absolute Gasteiger partial charge is 0.267 e. The van der Waals surface area contributed by atoms with Crippen LogP contribution in [0.4, 0.5) is 4.39 Å². The Kier molecular flexibility index (Phi) is 4.05. The van der Waals surface area contributed by atoms with Crippen LogP contribution in [0.2, 0.25) is 0 Å². The third kappa shape index (κ3) is 3.25. The van der Waals surface area contributed by atoms with Gasteiger partial charge in [0.2, 0.25) is 0 Å². The van der Waals surface area contributed by atoms with Crippen LogP contribution in [0.5, 0.6) is 5.75 Å². The molecule has 3 rings (SSSR count). The molecular formula is C17H15FN2O2. The Hall–Kier alpha value is -2.82. The Morgan fingerprint density at radius 1 is 1.14 bits per heavy atom. The molecule has 0 saturated carbocycles. The molecule has 1 heterocycles. The van der Waals surface area contributed by atoms with Gasteiger partial charge in [0.25, 0.3) is 5.91 Å². The predicted octanol–water partition coefficient (Wildman–Crippen LogP) is 3.12. The maximum absolute atomic E-state index is 13.1. The number of nitrogens with one attached hydrogen (secondary N) is 2. The summed E-state index contributed by atoms with van der Waals surface area (Å²) in [6.45, 7) is 0.766. The average Bonchev–Trinajstić information content (AvgIpc) is 2.95. The largest absolute Gasteiger partial charge is 0.492 e. The zero-order chi connectivity index (χ0) is 15.4. The number of amides is 1. The van der Waals surface area contributed by atoms with Crippen LogP contribution in [0, 0.1) is 5.82 Å². The van der Waals surface area contributed by atoms with Gasteiger partial charge in [-0.05, 0) is 36.4 Å². The molecule has 0 aliphatic carbocycles. The van der Waals surface area contributed by atoms with Crippen LogP contribution in [0.3, 0.4) is 0 Å². The van der Waals surface area contributed by atoms with E-state index in [2.05, 4.69) is 10.3 Å². The minimum atomic E-state index is -0.324. The minimum absolute atomic E-state index is 0.242. The number of H-pyrrole nitrogens is 1. The van der Waals surface area contributed by atoms with Gasteiger partial charge in [0.05, 0.1) is 6.54 Å². The van der Waals surface area contributed by atoms with Crippen molar-refractivity contribution in [3.63, 3.8) is 0 Å². The number of carbonyl (C=O) groups is 1. The van der Waals surface area contributed by atoms with Gasteiger partial charge in [-0.25, -0.2) is 4.39 Å². The monoisotopic (exact) mass is 298 g/mol. The Labute approximate surface area is 126 Å². The van der Waals surface area contributed by atoms with Crippen LogP contribution in [0.1, 0.15) is 10.5 Å². The third-order valence-electron chi connectivity index (χ3n) is 3.23. The SMILES string of the molecule is O=C(NCCOc1ccccc1)c1cc2cc(F)ccc2[nH]1. The molecule has 0 bridgehead atoms. The number of carbonyl (C=O) groups excluding carboxylic acids is 1. The van der Waals surface area contributed by atoms with Gasteiger partial charge in [0, 0.05) is 10.9 Å². The van der Waals surface area contributed by atoms with Gasteiger partial charge < -0.3 is 15.0 Å². The lowest BCUT2D eigenvalue weighted by Crippen LogP contribution is -2.28. The summed E-state index contributed by atoms with van der Waals surface area (Å²) in [4.78, 5) is 15.0. The quantitative estimate of drug-likeness (QED) is 0.711. The van der Waals surface area contributed by atoms with E-state index in [0.29, 0.717) is 24.2 Å². The molecule has 0 unspecified atom stereocenters. The second kappa shape index (κ2) is 6.30. The third-order valence-corrected chi connectivity index (χ3v) is 3.23. The molecule has 0 radical (unpaired) electrons. The molecule has 4 nitrogen and oxygen atoms in total. The Balaban J connectivity index is 1.54. The lowest BCUT2D eigenvalue weighted by molar-refractivity contribution is 0.0943. The number of aromatic nitrogens is 1. The highest BCUT2D eigenvalue weighted by molar-refractivity contribution is 5.97. The number of para-hydroxylation sites is 1. The van der Waals surface area contributed by atoms with Crippen molar-refractivity contribution in [1.29, 1.82) is 0 Å². The maximum Gasteiger partial charge on any atom is 0.267 e. The van der Waals surface area contributed by atoms with Crippen molar-refractivity contribution in [2.75, 3.05) is 13.2 Å². The Morgan fingerprint density at radius 3 is 2.77 bits per heavy atom. The molecule has 0 fully saturated rings. The first-order chi connectivity index (χ1) is 10.7. The second-order valence-electron chi connectivity index (χ2n) is 4.83. The van der Waals surface area contributed by atoms with Gasteiger partial charge >= 0.3 is 0 Å². The highest BCUT2D eigenvalue weighted by Crippen LogP contribution is 2.16. The van der Waals surface area contributed by atoms with E-state index in [0.717, 1.165) is 11.3 Å². The van der Waals surface area contributed by atoms with Crippen molar-refractivity contribution in [3.8, 4) is 5.75 Å². The van der Waals surface area contributed by atoms with Gasteiger partial charge in [-0.2, -0.15) is 0 Å². The second-order valence-corrected chi connectivity index (χ2v) is 4.83. The van der Waals surface area contributed by atoms with Gasteiger partial charge in [-0.3, -0.25) is 4.79 Å². The van der Waals surface area contributed by atoms with E-state index >= 15 is 0 Å². The average molecular weight is 298 g/mol. The van der Waals surface area contributed by atoms with Gasteiger partial charge in [0.1, 0.15) is 23.9 Å². The van der Waals surface area contributed by atoms with Gasteiger partial charge in [-0.1, -0.05) is 18.2 Å². The van der Waals surface area contributed by atoms with Crippen LogP contribution >= 0.6 is 0 Å². The molecular weight excluding hydrogens is 283 g/mol. The van der Waals surface area contributed by atoms with Crippen LogP contribution in [0.15, 0.2) is 54.6 Å². The van der Waals surface area contributed by atoms with Crippen molar-refractivity contribution >= 4 is 16.8 Å². The molecule has 0 aliphatic rings. The number of ether oxygens (including phenoxy) is 1. The van der Waals surface area contributed by atoms with Crippen LogP contribution in [-0.4, -0.2) is 24.0 Å². The summed E-state index contributed by atoms with van der Waals surface area (Å²) in [5.74, 6) is 0.195. The molecule has 0 atom stereocenters. The number of benzene rings is 2. The number of rotatable bonds is 5. The standard InChI is InChI=1S/C17H15FN2O2/c18-13-6-7-15-12(10-13)11-16(20-15)17(21)19-8-9-22-14-4-2-1-3-5-14/h1-7,10-11,20H,8-9H2,(H,19,21). The van der Waals surface area contributed by atoms with Crippen molar-refractivity contribution in [1.82, 2.24) is 10.3 Å². The molecule has 2 aromatic carbocycles. The van der Waals surface area contributed by atoms with Crippen molar-refractivity contribution in [2.45, 2.75) is 0 Å². The molecule has 1 amide bonds. The van der Waals surface area contributed by atoms with E-state index < -0.39 is 0 Å².